The van der Waals surface area contributed by atoms with Crippen LogP contribution in [-0.2, 0) is 4.74 Å². The van der Waals surface area contributed by atoms with Crippen LogP contribution in [0.4, 0.5) is 9.18 Å². The maximum absolute atomic E-state index is 14.2. The Hall–Kier alpha value is -3.40. The van der Waals surface area contributed by atoms with Crippen LogP contribution in [0.3, 0.4) is 0 Å². The van der Waals surface area contributed by atoms with Gasteiger partial charge in [-0.2, -0.15) is 5.26 Å². The standard InChI is InChI=1S/C22H20FN3O3/c23-19-12-17(16-3-1-15(14-24)2-4-16)11-18(13-19)21(27)25-7-5-20(6-8-25)26-9-10-29-22(26)28/h1-4,11-13,20H,5-10H2. The molecule has 0 spiro atoms. The number of hydrogen-bond acceptors (Lipinski definition) is 4. The lowest BCUT2D eigenvalue weighted by atomic mass is 9.99. The highest BCUT2D eigenvalue weighted by atomic mass is 19.1. The molecule has 2 aliphatic heterocycles. The number of carbonyl (C=O) groups is 2. The number of rotatable bonds is 3. The molecule has 148 valence electrons. The number of likely N-dealkylation sites (tertiary alicyclic amines) is 1. The molecule has 0 N–H and O–H groups in total. The van der Waals surface area contributed by atoms with Gasteiger partial charge in [0, 0.05) is 24.7 Å². The molecule has 2 aliphatic rings. The fraction of sp³-hybridized carbons (Fsp3) is 0.318. The molecule has 29 heavy (non-hydrogen) atoms. The van der Waals surface area contributed by atoms with Crippen molar-refractivity contribution in [2.75, 3.05) is 26.2 Å². The molecule has 2 aromatic carbocycles. The van der Waals surface area contributed by atoms with Crippen molar-refractivity contribution >= 4 is 12.0 Å². The van der Waals surface area contributed by atoms with Gasteiger partial charge in [0.25, 0.3) is 5.91 Å². The SMILES string of the molecule is N#Cc1ccc(-c2cc(F)cc(C(=O)N3CCC(N4CCOC4=O)CC3)c2)cc1. The molecule has 0 saturated carbocycles. The number of piperidine rings is 1. The molecule has 7 heteroatoms. The van der Waals surface area contributed by atoms with Crippen molar-refractivity contribution in [2.45, 2.75) is 18.9 Å². The van der Waals surface area contributed by atoms with Crippen LogP contribution in [0.25, 0.3) is 11.1 Å². The Morgan fingerprint density at radius 3 is 2.41 bits per heavy atom. The number of nitriles is 1. The van der Waals surface area contributed by atoms with Crippen molar-refractivity contribution in [3.05, 3.63) is 59.4 Å². The summed E-state index contributed by atoms with van der Waals surface area (Å²) in [5, 5.41) is 8.92. The third kappa shape index (κ3) is 3.92. The molecule has 2 amide bonds. The largest absolute Gasteiger partial charge is 0.448 e. The molecule has 2 heterocycles. The van der Waals surface area contributed by atoms with E-state index in [0.717, 1.165) is 5.56 Å². The van der Waals surface area contributed by atoms with Crippen molar-refractivity contribution in [1.29, 1.82) is 5.26 Å². The van der Waals surface area contributed by atoms with Gasteiger partial charge in [-0.3, -0.25) is 4.79 Å². The number of amides is 2. The second-order valence-corrected chi connectivity index (χ2v) is 7.25. The van der Waals surface area contributed by atoms with Crippen molar-refractivity contribution < 1.29 is 18.7 Å². The van der Waals surface area contributed by atoms with Gasteiger partial charge >= 0.3 is 6.09 Å². The third-order valence-electron chi connectivity index (χ3n) is 5.48. The maximum atomic E-state index is 14.2. The van der Waals surface area contributed by atoms with E-state index in [0.29, 0.717) is 55.8 Å². The minimum atomic E-state index is -0.482. The highest BCUT2D eigenvalue weighted by Crippen LogP contribution is 2.25. The molecular formula is C22H20FN3O3. The van der Waals surface area contributed by atoms with Gasteiger partial charge in [0.2, 0.25) is 0 Å². The minimum absolute atomic E-state index is 0.0794. The van der Waals surface area contributed by atoms with Crippen molar-refractivity contribution in [3.63, 3.8) is 0 Å². The van der Waals surface area contributed by atoms with Crippen molar-refractivity contribution in [1.82, 2.24) is 9.80 Å². The van der Waals surface area contributed by atoms with Crippen LogP contribution in [0, 0.1) is 17.1 Å². The van der Waals surface area contributed by atoms with E-state index in [9.17, 15) is 14.0 Å². The number of halogens is 1. The van der Waals surface area contributed by atoms with Crippen LogP contribution in [0.15, 0.2) is 42.5 Å². The minimum Gasteiger partial charge on any atom is -0.448 e. The number of nitrogens with zero attached hydrogens (tertiary/aromatic N) is 3. The lowest BCUT2D eigenvalue weighted by Crippen LogP contribution is -2.47. The molecule has 0 radical (unpaired) electrons. The van der Waals surface area contributed by atoms with E-state index in [1.807, 2.05) is 6.07 Å². The average Bonchev–Trinajstić information content (AvgIpc) is 3.19. The fourth-order valence-corrected chi connectivity index (χ4v) is 3.92. The van der Waals surface area contributed by atoms with E-state index in [2.05, 4.69) is 0 Å². The molecule has 2 saturated heterocycles. The summed E-state index contributed by atoms with van der Waals surface area (Å²) in [5.41, 5.74) is 2.14. The first kappa shape index (κ1) is 18.9. The van der Waals surface area contributed by atoms with Gasteiger partial charge in [0.05, 0.1) is 18.2 Å². The first-order chi connectivity index (χ1) is 14.0. The molecule has 2 fully saturated rings. The molecule has 2 aromatic rings. The van der Waals surface area contributed by atoms with Gasteiger partial charge in [0.15, 0.2) is 0 Å². The smallest absolute Gasteiger partial charge is 0.410 e. The monoisotopic (exact) mass is 393 g/mol. The summed E-state index contributed by atoms with van der Waals surface area (Å²) in [7, 11) is 0. The van der Waals surface area contributed by atoms with E-state index >= 15 is 0 Å². The number of benzene rings is 2. The average molecular weight is 393 g/mol. The Morgan fingerprint density at radius 1 is 1.07 bits per heavy atom. The van der Waals surface area contributed by atoms with E-state index in [1.165, 1.54) is 12.1 Å². The predicted molar refractivity (Wildman–Crippen MR) is 104 cm³/mol. The van der Waals surface area contributed by atoms with E-state index in [-0.39, 0.29) is 18.0 Å². The Labute approximate surface area is 168 Å². The van der Waals surface area contributed by atoms with Crippen LogP contribution in [0.2, 0.25) is 0 Å². The predicted octanol–water partition coefficient (Wildman–Crippen LogP) is 3.42. The molecule has 0 bridgehead atoms. The second-order valence-electron chi connectivity index (χ2n) is 7.25. The number of ether oxygens (including phenoxy) is 1. The molecule has 6 nitrogen and oxygen atoms in total. The second kappa shape index (κ2) is 7.92. The summed E-state index contributed by atoms with van der Waals surface area (Å²) in [4.78, 5) is 28.1. The normalized spacial score (nSPS) is 17.2. The lowest BCUT2D eigenvalue weighted by molar-refractivity contribution is 0.0658. The van der Waals surface area contributed by atoms with Crippen LogP contribution < -0.4 is 0 Å². The Kier molecular flexibility index (Phi) is 5.17. The zero-order chi connectivity index (χ0) is 20.4. The van der Waals surface area contributed by atoms with E-state index in [1.54, 1.807) is 40.1 Å². The molecule has 0 aromatic heterocycles. The van der Waals surface area contributed by atoms with Crippen molar-refractivity contribution in [2.24, 2.45) is 0 Å². The van der Waals surface area contributed by atoms with Crippen molar-refractivity contribution in [3.8, 4) is 17.2 Å². The number of cyclic esters (lactones) is 1. The molecular weight excluding hydrogens is 373 g/mol. The highest BCUT2D eigenvalue weighted by Gasteiger charge is 2.33. The quantitative estimate of drug-likeness (QED) is 0.801. The summed E-state index contributed by atoms with van der Waals surface area (Å²) in [6.45, 7) is 2.03. The summed E-state index contributed by atoms with van der Waals surface area (Å²) in [5.74, 6) is -0.702. The summed E-state index contributed by atoms with van der Waals surface area (Å²) < 4.78 is 19.2. The summed E-state index contributed by atoms with van der Waals surface area (Å²) in [6.07, 6.45) is 1.07. The molecule has 0 unspecified atom stereocenters. The summed E-state index contributed by atoms with van der Waals surface area (Å²) in [6, 6.07) is 13.2. The van der Waals surface area contributed by atoms with Crippen LogP contribution in [0.5, 0.6) is 0 Å². The van der Waals surface area contributed by atoms with Crippen LogP contribution >= 0.6 is 0 Å². The first-order valence-electron chi connectivity index (χ1n) is 9.59. The summed E-state index contributed by atoms with van der Waals surface area (Å²) >= 11 is 0. The maximum Gasteiger partial charge on any atom is 0.410 e. The third-order valence-corrected chi connectivity index (χ3v) is 5.48. The van der Waals surface area contributed by atoms with E-state index in [4.69, 9.17) is 10.00 Å². The van der Waals surface area contributed by atoms with Gasteiger partial charge in [-0.05, 0) is 54.3 Å². The zero-order valence-electron chi connectivity index (χ0n) is 15.8. The topological polar surface area (TPSA) is 73.6 Å². The van der Waals surface area contributed by atoms with Gasteiger partial charge in [-0.15, -0.1) is 0 Å². The van der Waals surface area contributed by atoms with Crippen LogP contribution in [-0.4, -0.2) is 54.1 Å². The van der Waals surface area contributed by atoms with Crippen LogP contribution in [0.1, 0.15) is 28.8 Å². The Bertz CT molecular complexity index is 976. The lowest BCUT2D eigenvalue weighted by Gasteiger charge is -2.35. The molecule has 0 atom stereocenters. The van der Waals surface area contributed by atoms with Gasteiger partial charge in [-0.25, -0.2) is 9.18 Å². The fourth-order valence-electron chi connectivity index (χ4n) is 3.92. The molecule has 0 aliphatic carbocycles. The van der Waals surface area contributed by atoms with Gasteiger partial charge in [0.1, 0.15) is 12.4 Å². The Balaban J connectivity index is 1.48. The van der Waals surface area contributed by atoms with Gasteiger partial charge < -0.3 is 14.5 Å². The zero-order valence-corrected chi connectivity index (χ0v) is 15.8. The Morgan fingerprint density at radius 2 is 1.79 bits per heavy atom. The highest BCUT2D eigenvalue weighted by molar-refractivity contribution is 5.95. The number of hydrogen-bond donors (Lipinski definition) is 0. The number of carbonyl (C=O) groups excluding carboxylic acids is 2. The van der Waals surface area contributed by atoms with E-state index < -0.39 is 5.82 Å². The first-order valence-corrected chi connectivity index (χ1v) is 9.59. The van der Waals surface area contributed by atoms with Gasteiger partial charge in [-0.1, -0.05) is 12.1 Å². The molecule has 4 rings (SSSR count).